The Balaban J connectivity index is 1.61. The van der Waals surface area contributed by atoms with Crippen molar-refractivity contribution in [3.8, 4) is 5.75 Å². The van der Waals surface area contributed by atoms with Crippen LogP contribution in [0, 0.1) is 0 Å². The van der Waals surface area contributed by atoms with Crippen molar-refractivity contribution in [2.75, 3.05) is 0 Å². The lowest BCUT2D eigenvalue weighted by atomic mass is 10.1. The maximum atomic E-state index is 12.0. The number of rotatable bonds is 7. The van der Waals surface area contributed by atoms with Gasteiger partial charge < -0.3 is 9.84 Å². The fourth-order valence-electron chi connectivity index (χ4n) is 2.47. The van der Waals surface area contributed by atoms with Crippen molar-refractivity contribution in [3.05, 3.63) is 102 Å². The smallest absolute Gasteiger partial charge is 0.273 e. The van der Waals surface area contributed by atoms with E-state index >= 15 is 0 Å². The van der Waals surface area contributed by atoms with Crippen LogP contribution in [0.5, 0.6) is 5.75 Å². The van der Waals surface area contributed by atoms with Crippen LogP contribution >= 0.6 is 0 Å². The van der Waals surface area contributed by atoms with Crippen molar-refractivity contribution in [1.29, 1.82) is 0 Å². The number of benzene rings is 3. The lowest BCUT2D eigenvalue weighted by Crippen LogP contribution is -2.25. The predicted octanol–water partition coefficient (Wildman–Crippen LogP) is 3.45. The molecule has 0 aliphatic rings. The summed E-state index contributed by atoms with van der Waals surface area (Å²) in [6.45, 7) is 0.435. The number of carbonyl (C=O) groups is 1. The van der Waals surface area contributed by atoms with E-state index < -0.39 is 12.0 Å². The van der Waals surface area contributed by atoms with Crippen molar-refractivity contribution >= 4 is 12.1 Å². The highest BCUT2D eigenvalue weighted by Crippen LogP contribution is 2.18. The van der Waals surface area contributed by atoms with E-state index in [1.807, 2.05) is 60.7 Å². The van der Waals surface area contributed by atoms with Gasteiger partial charge >= 0.3 is 0 Å². The van der Waals surface area contributed by atoms with Crippen LogP contribution in [-0.2, 0) is 11.4 Å². The molecule has 0 saturated heterocycles. The molecular formula is C22H20N2O3. The quantitative estimate of drug-likeness (QED) is 0.501. The highest BCUT2D eigenvalue weighted by atomic mass is 16.5. The van der Waals surface area contributed by atoms with E-state index in [9.17, 15) is 9.90 Å². The van der Waals surface area contributed by atoms with Gasteiger partial charge in [0, 0.05) is 5.56 Å². The Labute approximate surface area is 157 Å². The molecule has 2 N–H and O–H groups in total. The van der Waals surface area contributed by atoms with Crippen LogP contribution in [0.25, 0.3) is 0 Å². The number of hydrogen-bond acceptors (Lipinski definition) is 4. The lowest BCUT2D eigenvalue weighted by molar-refractivity contribution is -0.129. The van der Waals surface area contributed by atoms with Gasteiger partial charge in [-0.25, -0.2) is 5.43 Å². The van der Waals surface area contributed by atoms with Crippen LogP contribution < -0.4 is 10.2 Å². The number of nitrogens with one attached hydrogen (secondary N) is 1. The van der Waals surface area contributed by atoms with E-state index in [2.05, 4.69) is 10.5 Å². The molecule has 0 unspecified atom stereocenters. The number of aliphatic hydroxyl groups is 1. The number of hydrazone groups is 1. The van der Waals surface area contributed by atoms with Gasteiger partial charge in [0.05, 0.1) is 6.21 Å². The maximum Gasteiger partial charge on any atom is 0.273 e. The first-order valence-corrected chi connectivity index (χ1v) is 8.56. The minimum atomic E-state index is -1.27. The van der Waals surface area contributed by atoms with Crippen LogP contribution in [0.15, 0.2) is 90.0 Å². The largest absolute Gasteiger partial charge is 0.488 e. The van der Waals surface area contributed by atoms with Crippen molar-refractivity contribution in [3.63, 3.8) is 0 Å². The van der Waals surface area contributed by atoms with Crippen molar-refractivity contribution < 1.29 is 14.6 Å². The maximum absolute atomic E-state index is 12.0. The molecule has 0 aromatic heterocycles. The Morgan fingerprint density at radius 3 is 2.33 bits per heavy atom. The van der Waals surface area contributed by atoms with Crippen molar-refractivity contribution in [2.24, 2.45) is 5.10 Å². The van der Waals surface area contributed by atoms with Crippen LogP contribution in [-0.4, -0.2) is 17.2 Å². The number of hydrogen-bond donors (Lipinski definition) is 2. The normalized spacial score (nSPS) is 11.9. The Morgan fingerprint density at radius 1 is 0.963 bits per heavy atom. The molecule has 0 aliphatic carbocycles. The zero-order valence-corrected chi connectivity index (χ0v) is 14.7. The molecule has 5 heteroatoms. The lowest BCUT2D eigenvalue weighted by Gasteiger charge is -2.10. The Kier molecular flexibility index (Phi) is 6.33. The summed E-state index contributed by atoms with van der Waals surface area (Å²) < 4.78 is 5.84. The molecule has 3 aromatic carbocycles. The Hall–Kier alpha value is -3.44. The second-order valence-electron chi connectivity index (χ2n) is 5.86. The molecule has 3 aromatic rings. The molecule has 0 aliphatic heterocycles. The molecule has 3 rings (SSSR count). The van der Waals surface area contributed by atoms with E-state index in [4.69, 9.17) is 4.74 Å². The first-order valence-electron chi connectivity index (χ1n) is 8.56. The highest BCUT2D eigenvalue weighted by Gasteiger charge is 2.16. The summed E-state index contributed by atoms with van der Waals surface area (Å²) >= 11 is 0. The standard InChI is InChI=1S/C22H20N2O3/c25-21(18-11-5-2-6-12-18)22(26)24-23-15-19-13-7-8-14-20(19)27-16-17-9-3-1-4-10-17/h1-15,21,25H,16H2,(H,24,26)/b23-15-/t21-/m0/s1. The fraction of sp³-hybridized carbons (Fsp3) is 0.0909. The second kappa shape index (κ2) is 9.31. The van der Waals surface area contributed by atoms with E-state index in [1.54, 1.807) is 24.3 Å². The van der Waals surface area contributed by atoms with Gasteiger partial charge in [0.2, 0.25) is 0 Å². The third-order valence-corrected chi connectivity index (χ3v) is 3.90. The average molecular weight is 360 g/mol. The van der Waals surface area contributed by atoms with Gasteiger partial charge in [0.1, 0.15) is 12.4 Å². The Morgan fingerprint density at radius 2 is 1.59 bits per heavy atom. The summed E-state index contributed by atoms with van der Waals surface area (Å²) in [4.78, 5) is 12.0. The molecule has 5 nitrogen and oxygen atoms in total. The van der Waals surface area contributed by atoms with Gasteiger partial charge in [-0.05, 0) is 23.3 Å². The van der Waals surface area contributed by atoms with Gasteiger partial charge in [-0.1, -0.05) is 72.8 Å². The topological polar surface area (TPSA) is 70.9 Å². The monoisotopic (exact) mass is 360 g/mol. The average Bonchev–Trinajstić information content (AvgIpc) is 2.74. The molecule has 0 fully saturated rings. The number of nitrogens with zero attached hydrogens (tertiary/aromatic N) is 1. The molecule has 136 valence electrons. The molecule has 0 spiro atoms. The van der Waals surface area contributed by atoms with Gasteiger partial charge in [0.25, 0.3) is 5.91 Å². The summed E-state index contributed by atoms with van der Waals surface area (Å²) in [7, 11) is 0. The summed E-state index contributed by atoms with van der Waals surface area (Å²) in [5.74, 6) is 0.0584. The van der Waals surface area contributed by atoms with E-state index in [1.165, 1.54) is 6.21 Å². The summed E-state index contributed by atoms with van der Waals surface area (Å²) in [5.41, 5.74) is 4.65. The van der Waals surface area contributed by atoms with Crippen molar-refractivity contribution in [2.45, 2.75) is 12.7 Å². The SMILES string of the molecule is O=C(N/N=C\c1ccccc1OCc1ccccc1)[C@@H](O)c1ccccc1. The first kappa shape index (κ1) is 18.4. The molecule has 27 heavy (non-hydrogen) atoms. The molecule has 1 amide bonds. The molecule has 0 heterocycles. The number of aliphatic hydroxyl groups excluding tert-OH is 1. The molecular weight excluding hydrogens is 340 g/mol. The zero-order valence-electron chi connectivity index (χ0n) is 14.7. The number of ether oxygens (including phenoxy) is 1. The minimum absolute atomic E-state index is 0.435. The third-order valence-electron chi connectivity index (χ3n) is 3.90. The van der Waals surface area contributed by atoms with Crippen LogP contribution in [0.3, 0.4) is 0 Å². The predicted molar refractivity (Wildman–Crippen MR) is 104 cm³/mol. The van der Waals surface area contributed by atoms with Gasteiger partial charge in [0.15, 0.2) is 6.10 Å². The van der Waals surface area contributed by atoms with Crippen LogP contribution in [0.4, 0.5) is 0 Å². The third kappa shape index (κ3) is 5.26. The summed E-state index contributed by atoms with van der Waals surface area (Å²) in [6, 6.07) is 26.0. The second-order valence-corrected chi connectivity index (χ2v) is 5.86. The molecule has 1 atom stereocenters. The van der Waals surface area contributed by atoms with E-state index in [0.29, 0.717) is 17.9 Å². The first-order chi connectivity index (χ1) is 13.2. The number of amides is 1. The summed E-state index contributed by atoms with van der Waals surface area (Å²) in [6.07, 6.45) is 0.226. The fourth-order valence-corrected chi connectivity index (χ4v) is 2.47. The van der Waals surface area contributed by atoms with Gasteiger partial charge in [-0.2, -0.15) is 5.10 Å². The minimum Gasteiger partial charge on any atom is -0.488 e. The van der Waals surface area contributed by atoms with E-state index in [-0.39, 0.29) is 0 Å². The summed E-state index contributed by atoms with van der Waals surface area (Å²) in [5, 5.41) is 14.0. The van der Waals surface area contributed by atoms with Crippen molar-refractivity contribution in [1.82, 2.24) is 5.43 Å². The molecule has 0 radical (unpaired) electrons. The number of para-hydroxylation sites is 1. The molecule has 0 saturated carbocycles. The van der Waals surface area contributed by atoms with Gasteiger partial charge in [-0.15, -0.1) is 0 Å². The van der Waals surface area contributed by atoms with Gasteiger partial charge in [-0.3, -0.25) is 4.79 Å². The van der Waals surface area contributed by atoms with Crippen LogP contribution in [0.1, 0.15) is 22.8 Å². The zero-order chi connectivity index (χ0) is 18.9. The van der Waals surface area contributed by atoms with Crippen LogP contribution in [0.2, 0.25) is 0 Å². The highest BCUT2D eigenvalue weighted by molar-refractivity contribution is 5.86. The Bertz CT molecular complexity index is 896. The molecule has 0 bridgehead atoms. The van der Waals surface area contributed by atoms with E-state index in [0.717, 1.165) is 11.1 Å². The number of carbonyl (C=O) groups excluding carboxylic acids is 1.